The third kappa shape index (κ3) is 1.94. The Morgan fingerprint density at radius 3 is 2.83 bits per heavy atom. The number of nitrogens with two attached hydrogens (primary N) is 1. The predicted molar refractivity (Wildman–Crippen MR) is 74.2 cm³/mol. The highest BCUT2D eigenvalue weighted by Crippen LogP contribution is 2.28. The molecule has 1 atom stereocenters. The van der Waals surface area contributed by atoms with E-state index in [1.807, 2.05) is 36.4 Å². The first kappa shape index (κ1) is 11.4. The van der Waals surface area contributed by atoms with Crippen LogP contribution in [0, 0.1) is 0 Å². The Hall–Kier alpha value is -1.65. The quantitative estimate of drug-likeness (QED) is 0.786. The number of fused-ring (bicyclic) bond motifs is 1. The number of benzene rings is 1. The summed E-state index contributed by atoms with van der Waals surface area (Å²) in [6.07, 6.45) is 3.26. The van der Waals surface area contributed by atoms with E-state index in [2.05, 4.69) is 20.9 Å². The van der Waals surface area contributed by atoms with Crippen LogP contribution in [0.4, 0.5) is 0 Å². The summed E-state index contributed by atoms with van der Waals surface area (Å²) < 4.78 is 5.97. The molecule has 0 spiro atoms. The van der Waals surface area contributed by atoms with Crippen LogP contribution in [0.5, 0.6) is 0 Å². The molecule has 18 heavy (non-hydrogen) atoms. The average Bonchev–Trinajstić information content (AvgIpc) is 2.91. The zero-order valence-corrected chi connectivity index (χ0v) is 11.1. The third-order valence-electron chi connectivity index (χ3n) is 2.90. The van der Waals surface area contributed by atoms with Crippen molar-refractivity contribution in [3.63, 3.8) is 0 Å². The van der Waals surface area contributed by atoms with E-state index >= 15 is 0 Å². The van der Waals surface area contributed by atoms with Crippen LogP contribution in [-0.4, -0.2) is 4.98 Å². The molecule has 0 aliphatic rings. The molecule has 0 fully saturated rings. The van der Waals surface area contributed by atoms with Crippen LogP contribution in [0.1, 0.15) is 17.3 Å². The van der Waals surface area contributed by atoms with Gasteiger partial charge in [-0.3, -0.25) is 0 Å². The number of hydrogen-bond donors (Lipinski definition) is 1. The van der Waals surface area contributed by atoms with Crippen LogP contribution in [0.25, 0.3) is 10.9 Å². The van der Waals surface area contributed by atoms with E-state index in [0.29, 0.717) is 0 Å². The second kappa shape index (κ2) is 4.55. The largest absolute Gasteiger partial charge is 0.472 e. The summed E-state index contributed by atoms with van der Waals surface area (Å²) in [5, 5.41) is 1.09. The smallest absolute Gasteiger partial charge is 0.0954 e. The van der Waals surface area contributed by atoms with Gasteiger partial charge in [-0.15, -0.1) is 0 Å². The number of hydrogen-bond acceptors (Lipinski definition) is 3. The van der Waals surface area contributed by atoms with Crippen molar-refractivity contribution < 1.29 is 4.42 Å². The molecule has 4 heteroatoms. The molecule has 0 saturated heterocycles. The van der Waals surface area contributed by atoms with Crippen molar-refractivity contribution in [2.24, 2.45) is 5.73 Å². The summed E-state index contributed by atoms with van der Waals surface area (Å²) in [6.45, 7) is 0. The zero-order chi connectivity index (χ0) is 12.5. The number of para-hydroxylation sites is 1. The van der Waals surface area contributed by atoms with E-state index in [-0.39, 0.29) is 6.04 Å². The summed E-state index contributed by atoms with van der Waals surface area (Å²) in [5.74, 6) is 0. The third-order valence-corrected chi connectivity index (χ3v) is 3.54. The normalized spacial score (nSPS) is 12.8. The first-order chi connectivity index (χ1) is 8.75. The van der Waals surface area contributed by atoms with E-state index in [4.69, 9.17) is 10.2 Å². The summed E-state index contributed by atoms with van der Waals surface area (Å²) >= 11 is 3.53. The molecule has 2 aromatic heterocycles. The van der Waals surface area contributed by atoms with E-state index < -0.39 is 0 Å². The van der Waals surface area contributed by atoms with Crippen LogP contribution in [0.2, 0.25) is 0 Å². The minimum absolute atomic E-state index is 0.289. The Labute approximate surface area is 113 Å². The first-order valence-corrected chi connectivity index (χ1v) is 6.38. The van der Waals surface area contributed by atoms with Gasteiger partial charge in [-0.25, -0.2) is 4.98 Å². The minimum Gasteiger partial charge on any atom is -0.472 e. The van der Waals surface area contributed by atoms with Crippen molar-refractivity contribution in [2.45, 2.75) is 6.04 Å². The number of aromatic nitrogens is 1. The highest BCUT2D eigenvalue weighted by atomic mass is 79.9. The maximum atomic E-state index is 6.20. The Kier molecular flexibility index (Phi) is 2.89. The Bertz CT molecular complexity index is 679. The fraction of sp³-hybridized carbons (Fsp3) is 0.0714. The van der Waals surface area contributed by atoms with Crippen LogP contribution < -0.4 is 5.73 Å². The first-order valence-electron chi connectivity index (χ1n) is 5.58. The molecule has 3 rings (SSSR count). The van der Waals surface area contributed by atoms with Gasteiger partial charge in [0, 0.05) is 15.4 Å². The second-order valence-corrected chi connectivity index (χ2v) is 4.94. The van der Waals surface area contributed by atoms with Crippen molar-refractivity contribution in [2.75, 3.05) is 0 Å². The van der Waals surface area contributed by atoms with Crippen molar-refractivity contribution in [1.82, 2.24) is 4.98 Å². The highest BCUT2D eigenvalue weighted by molar-refractivity contribution is 9.10. The standard InChI is InChI=1S/C14H11BrN2O/c15-11-7-9-3-1-2-4-12(9)17-14(11)13(16)10-5-6-18-8-10/h1-8,13H,16H2. The van der Waals surface area contributed by atoms with E-state index in [9.17, 15) is 0 Å². The molecule has 0 aliphatic heterocycles. The van der Waals surface area contributed by atoms with Gasteiger partial charge < -0.3 is 10.2 Å². The van der Waals surface area contributed by atoms with Gasteiger partial charge in [-0.2, -0.15) is 0 Å². The Morgan fingerprint density at radius 1 is 1.22 bits per heavy atom. The summed E-state index contributed by atoms with van der Waals surface area (Å²) in [7, 11) is 0. The summed E-state index contributed by atoms with van der Waals surface area (Å²) in [5.41, 5.74) is 8.87. The molecule has 90 valence electrons. The molecule has 1 aromatic carbocycles. The van der Waals surface area contributed by atoms with Crippen molar-refractivity contribution in [3.05, 3.63) is 64.7 Å². The Morgan fingerprint density at radius 2 is 2.06 bits per heavy atom. The monoisotopic (exact) mass is 302 g/mol. The van der Waals surface area contributed by atoms with Gasteiger partial charge in [0.2, 0.25) is 0 Å². The van der Waals surface area contributed by atoms with Crippen LogP contribution in [0.3, 0.4) is 0 Å². The lowest BCUT2D eigenvalue weighted by atomic mass is 10.1. The number of pyridine rings is 1. The molecule has 2 heterocycles. The molecule has 2 N–H and O–H groups in total. The summed E-state index contributed by atoms with van der Waals surface area (Å²) in [4.78, 5) is 4.62. The fourth-order valence-electron chi connectivity index (χ4n) is 1.93. The number of rotatable bonds is 2. The molecule has 0 saturated carbocycles. The zero-order valence-electron chi connectivity index (χ0n) is 9.51. The molecular weight excluding hydrogens is 292 g/mol. The molecule has 3 nitrogen and oxygen atoms in total. The maximum absolute atomic E-state index is 6.20. The average molecular weight is 303 g/mol. The maximum Gasteiger partial charge on any atom is 0.0954 e. The van der Waals surface area contributed by atoms with Crippen molar-refractivity contribution >= 4 is 26.8 Å². The second-order valence-electron chi connectivity index (χ2n) is 4.08. The fourth-order valence-corrected chi connectivity index (χ4v) is 2.51. The highest BCUT2D eigenvalue weighted by Gasteiger charge is 2.15. The van der Waals surface area contributed by atoms with Gasteiger partial charge in [0.1, 0.15) is 0 Å². The number of nitrogens with zero attached hydrogens (tertiary/aromatic N) is 1. The molecule has 0 aliphatic carbocycles. The van der Waals surface area contributed by atoms with Crippen LogP contribution >= 0.6 is 15.9 Å². The van der Waals surface area contributed by atoms with Gasteiger partial charge >= 0.3 is 0 Å². The molecule has 1 unspecified atom stereocenters. The van der Waals surface area contributed by atoms with Gasteiger partial charge in [-0.05, 0) is 34.1 Å². The molecule has 3 aromatic rings. The van der Waals surface area contributed by atoms with Crippen LogP contribution in [-0.2, 0) is 0 Å². The van der Waals surface area contributed by atoms with Crippen LogP contribution in [0.15, 0.2) is 57.8 Å². The molecular formula is C14H11BrN2O. The van der Waals surface area contributed by atoms with E-state index in [1.54, 1.807) is 12.5 Å². The molecule has 0 radical (unpaired) electrons. The van der Waals surface area contributed by atoms with Gasteiger partial charge in [-0.1, -0.05) is 18.2 Å². The summed E-state index contributed by atoms with van der Waals surface area (Å²) in [6, 6.07) is 11.6. The lowest BCUT2D eigenvalue weighted by Gasteiger charge is -2.12. The van der Waals surface area contributed by atoms with E-state index in [1.165, 1.54) is 0 Å². The topological polar surface area (TPSA) is 52.0 Å². The number of furan rings is 1. The molecule has 0 bridgehead atoms. The van der Waals surface area contributed by atoms with Gasteiger partial charge in [0.25, 0.3) is 0 Å². The SMILES string of the molecule is NC(c1ccoc1)c1nc2ccccc2cc1Br. The predicted octanol–water partition coefficient (Wildman–Crippen LogP) is 3.64. The lowest BCUT2D eigenvalue weighted by Crippen LogP contribution is -2.13. The molecule has 0 amide bonds. The van der Waals surface area contributed by atoms with Gasteiger partial charge in [0.05, 0.1) is 29.8 Å². The Balaban J connectivity index is 2.14. The van der Waals surface area contributed by atoms with E-state index in [0.717, 1.165) is 26.6 Å². The number of halogens is 1. The minimum atomic E-state index is -0.289. The van der Waals surface area contributed by atoms with Gasteiger partial charge in [0.15, 0.2) is 0 Å². The lowest BCUT2D eigenvalue weighted by molar-refractivity contribution is 0.561. The van der Waals surface area contributed by atoms with Crippen molar-refractivity contribution in [1.29, 1.82) is 0 Å². The van der Waals surface area contributed by atoms with Crippen molar-refractivity contribution in [3.8, 4) is 0 Å².